The SMILES string of the molecule is CNC(=O)C1CC=C(c2[nH]c3nccc4c3c2CN(C)c2ccc(F)cc2-4)CC1. The average molecular weight is 390 g/mol. The number of hydrogen-bond donors (Lipinski definition) is 2. The number of pyridine rings is 1. The Labute approximate surface area is 168 Å². The number of fused-ring (bicyclic) bond motifs is 2. The van der Waals surface area contributed by atoms with Crippen LogP contribution >= 0.6 is 0 Å². The summed E-state index contributed by atoms with van der Waals surface area (Å²) in [6.45, 7) is 0.711. The maximum atomic E-state index is 14.1. The van der Waals surface area contributed by atoms with Crippen molar-refractivity contribution in [3.05, 3.63) is 53.6 Å². The van der Waals surface area contributed by atoms with Crippen molar-refractivity contribution in [3.8, 4) is 11.1 Å². The summed E-state index contributed by atoms with van der Waals surface area (Å²) in [5, 5.41) is 3.82. The van der Waals surface area contributed by atoms with Gasteiger partial charge < -0.3 is 15.2 Å². The van der Waals surface area contributed by atoms with Gasteiger partial charge in [-0.15, -0.1) is 0 Å². The van der Waals surface area contributed by atoms with Gasteiger partial charge in [0.05, 0.1) is 0 Å². The molecule has 1 amide bonds. The Morgan fingerprint density at radius 3 is 2.93 bits per heavy atom. The van der Waals surface area contributed by atoms with E-state index in [1.165, 1.54) is 17.2 Å². The number of aromatic nitrogens is 2. The Balaban J connectivity index is 1.66. The molecule has 3 heterocycles. The van der Waals surface area contributed by atoms with Gasteiger partial charge in [0.2, 0.25) is 5.91 Å². The second kappa shape index (κ2) is 6.72. The molecule has 1 aliphatic heterocycles. The van der Waals surface area contributed by atoms with Gasteiger partial charge in [0.15, 0.2) is 0 Å². The summed E-state index contributed by atoms with van der Waals surface area (Å²) in [6, 6.07) is 6.94. The maximum absolute atomic E-state index is 14.1. The van der Waals surface area contributed by atoms with Crippen molar-refractivity contribution in [2.75, 3.05) is 19.0 Å². The summed E-state index contributed by atoms with van der Waals surface area (Å²) < 4.78 is 14.1. The minimum absolute atomic E-state index is 0.0378. The van der Waals surface area contributed by atoms with E-state index in [2.05, 4.69) is 26.3 Å². The van der Waals surface area contributed by atoms with E-state index in [1.807, 2.05) is 19.2 Å². The van der Waals surface area contributed by atoms with Crippen molar-refractivity contribution in [3.63, 3.8) is 0 Å². The normalized spacial score (nSPS) is 18.2. The lowest BCUT2D eigenvalue weighted by Gasteiger charge is -2.23. The highest BCUT2D eigenvalue weighted by Gasteiger charge is 2.28. The fourth-order valence-corrected chi connectivity index (χ4v) is 4.72. The van der Waals surface area contributed by atoms with Gasteiger partial charge in [-0.3, -0.25) is 4.79 Å². The van der Waals surface area contributed by atoms with E-state index in [9.17, 15) is 9.18 Å². The molecule has 0 saturated carbocycles. The van der Waals surface area contributed by atoms with Gasteiger partial charge in [0.1, 0.15) is 11.5 Å². The number of benzene rings is 1. The van der Waals surface area contributed by atoms with Crippen LogP contribution in [0, 0.1) is 11.7 Å². The Bertz CT molecular complexity index is 1160. The molecule has 3 aromatic rings. The van der Waals surface area contributed by atoms with E-state index >= 15 is 0 Å². The molecule has 1 aliphatic carbocycles. The number of nitrogens with zero attached hydrogens (tertiary/aromatic N) is 2. The third-order valence-electron chi connectivity index (χ3n) is 6.20. The van der Waals surface area contributed by atoms with Gasteiger partial charge in [-0.25, -0.2) is 9.37 Å². The zero-order valence-corrected chi connectivity index (χ0v) is 16.6. The molecule has 0 saturated heterocycles. The van der Waals surface area contributed by atoms with Crippen LogP contribution in [0.2, 0.25) is 0 Å². The fraction of sp³-hybridized carbons (Fsp3) is 0.304. The second-order valence-corrected chi connectivity index (χ2v) is 7.89. The summed E-state index contributed by atoms with van der Waals surface area (Å²) in [5.74, 6) is -0.0938. The number of amides is 1. The molecular formula is C23H23FN4O. The molecule has 1 unspecified atom stereocenters. The number of anilines is 1. The maximum Gasteiger partial charge on any atom is 0.223 e. The number of H-pyrrole nitrogens is 1. The first-order chi connectivity index (χ1) is 14.1. The van der Waals surface area contributed by atoms with Crippen molar-refractivity contribution in [1.82, 2.24) is 15.3 Å². The smallest absolute Gasteiger partial charge is 0.223 e. The minimum atomic E-state index is -0.239. The highest BCUT2D eigenvalue weighted by molar-refractivity contribution is 6.02. The van der Waals surface area contributed by atoms with Crippen LogP contribution < -0.4 is 10.2 Å². The van der Waals surface area contributed by atoms with Crippen LogP contribution in [0.25, 0.3) is 27.7 Å². The number of halogens is 1. The molecule has 0 fully saturated rings. The zero-order valence-electron chi connectivity index (χ0n) is 16.6. The lowest BCUT2D eigenvalue weighted by atomic mass is 9.86. The van der Waals surface area contributed by atoms with Crippen LogP contribution in [-0.2, 0) is 11.3 Å². The van der Waals surface area contributed by atoms with E-state index in [0.717, 1.165) is 52.8 Å². The molecule has 0 radical (unpaired) electrons. The predicted molar refractivity (Wildman–Crippen MR) is 113 cm³/mol. The van der Waals surface area contributed by atoms with E-state index in [-0.39, 0.29) is 17.6 Å². The van der Waals surface area contributed by atoms with E-state index in [4.69, 9.17) is 0 Å². The van der Waals surface area contributed by atoms with Crippen LogP contribution in [0.15, 0.2) is 36.5 Å². The number of allylic oxidation sites excluding steroid dienone is 2. The lowest BCUT2D eigenvalue weighted by Crippen LogP contribution is -2.28. The third kappa shape index (κ3) is 2.82. The highest BCUT2D eigenvalue weighted by Crippen LogP contribution is 2.43. The first-order valence-electron chi connectivity index (χ1n) is 9.98. The van der Waals surface area contributed by atoms with Gasteiger partial charge in [-0.2, -0.15) is 0 Å². The molecule has 0 bridgehead atoms. The van der Waals surface area contributed by atoms with Crippen LogP contribution in [0.5, 0.6) is 0 Å². The summed E-state index contributed by atoms with van der Waals surface area (Å²) in [6.07, 6.45) is 6.38. The Hall–Kier alpha value is -3.15. The quantitative estimate of drug-likeness (QED) is 0.688. The summed E-state index contributed by atoms with van der Waals surface area (Å²) in [4.78, 5) is 22.2. The van der Waals surface area contributed by atoms with Crippen LogP contribution in [0.3, 0.4) is 0 Å². The van der Waals surface area contributed by atoms with Crippen molar-refractivity contribution in [2.45, 2.75) is 25.8 Å². The molecule has 2 aliphatic rings. The molecule has 1 aromatic carbocycles. The number of aromatic amines is 1. The number of nitrogens with one attached hydrogen (secondary N) is 2. The standard InChI is InChI=1S/C23H23FN4O/c1-25-23(29)14-5-3-13(4-6-14)21-18-12-28(2)19-8-7-15(24)11-17(19)16-9-10-26-22(27-21)20(16)18/h3,7-11,14H,4-6,12H2,1-2H3,(H,25,29)(H,26,27). The van der Waals surface area contributed by atoms with E-state index < -0.39 is 0 Å². The third-order valence-corrected chi connectivity index (χ3v) is 6.20. The van der Waals surface area contributed by atoms with Crippen molar-refractivity contribution in [2.24, 2.45) is 5.92 Å². The average Bonchev–Trinajstić information content (AvgIpc) is 3.05. The molecule has 0 spiro atoms. The summed E-state index contributed by atoms with van der Waals surface area (Å²) in [7, 11) is 3.73. The Morgan fingerprint density at radius 2 is 2.17 bits per heavy atom. The Morgan fingerprint density at radius 1 is 1.31 bits per heavy atom. The summed E-state index contributed by atoms with van der Waals surface area (Å²) >= 11 is 0. The fourth-order valence-electron chi connectivity index (χ4n) is 4.72. The molecule has 29 heavy (non-hydrogen) atoms. The van der Waals surface area contributed by atoms with Crippen LogP contribution in [-0.4, -0.2) is 30.0 Å². The van der Waals surface area contributed by atoms with Gasteiger partial charge in [0, 0.05) is 60.6 Å². The highest BCUT2D eigenvalue weighted by atomic mass is 19.1. The largest absolute Gasteiger partial charge is 0.370 e. The molecule has 6 heteroatoms. The molecule has 1 atom stereocenters. The lowest BCUT2D eigenvalue weighted by molar-refractivity contribution is -0.124. The number of carbonyl (C=O) groups excluding carboxylic acids is 1. The van der Waals surface area contributed by atoms with Crippen LogP contribution in [0.1, 0.15) is 30.5 Å². The van der Waals surface area contributed by atoms with Gasteiger partial charge in [0.25, 0.3) is 0 Å². The zero-order chi connectivity index (χ0) is 20.1. The molecule has 5 nitrogen and oxygen atoms in total. The van der Waals surface area contributed by atoms with Crippen molar-refractivity contribution in [1.29, 1.82) is 0 Å². The molecule has 148 valence electrons. The van der Waals surface area contributed by atoms with Crippen molar-refractivity contribution < 1.29 is 9.18 Å². The first kappa shape index (κ1) is 17.9. The Kier molecular flexibility index (Phi) is 4.15. The van der Waals surface area contributed by atoms with Gasteiger partial charge >= 0.3 is 0 Å². The van der Waals surface area contributed by atoms with Gasteiger partial charge in [-0.05, 0) is 54.7 Å². The minimum Gasteiger partial charge on any atom is -0.370 e. The van der Waals surface area contributed by atoms with Crippen LogP contribution in [0.4, 0.5) is 10.1 Å². The number of carbonyl (C=O) groups is 1. The predicted octanol–water partition coefficient (Wildman–Crippen LogP) is 4.25. The number of rotatable bonds is 2. The molecule has 2 N–H and O–H groups in total. The summed E-state index contributed by atoms with van der Waals surface area (Å²) in [5.41, 5.74) is 7.25. The van der Waals surface area contributed by atoms with Gasteiger partial charge in [-0.1, -0.05) is 6.08 Å². The van der Waals surface area contributed by atoms with E-state index in [1.54, 1.807) is 19.3 Å². The molecule has 2 aromatic heterocycles. The first-order valence-corrected chi connectivity index (χ1v) is 9.98. The number of hydrogen-bond acceptors (Lipinski definition) is 3. The topological polar surface area (TPSA) is 61.0 Å². The second-order valence-electron chi connectivity index (χ2n) is 7.89. The van der Waals surface area contributed by atoms with Crippen molar-refractivity contribution >= 4 is 28.2 Å². The molecule has 5 rings (SSSR count). The van der Waals surface area contributed by atoms with E-state index in [0.29, 0.717) is 6.54 Å². The monoisotopic (exact) mass is 390 g/mol. The molecular weight excluding hydrogens is 367 g/mol.